The molecule has 2 bridgehead atoms. The van der Waals surface area contributed by atoms with Gasteiger partial charge in [-0.05, 0) is 25.2 Å². The van der Waals surface area contributed by atoms with Crippen LogP contribution < -0.4 is 10.2 Å². The molecule has 8 nitrogen and oxygen atoms in total. The average molecular weight is 345 g/mol. The van der Waals surface area contributed by atoms with Crippen LogP contribution in [0.2, 0.25) is 0 Å². The van der Waals surface area contributed by atoms with Crippen LogP contribution in [0.4, 0.5) is 11.8 Å². The molecule has 134 valence electrons. The topological polar surface area (TPSA) is 87.7 Å². The Morgan fingerprint density at radius 3 is 2.64 bits per heavy atom. The summed E-state index contributed by atoms with van der Waals surface area (Å²) in [7, 11) is 1.35. The number of carbonyl (C=O) groups is 2. The van der Waals surface area contributed by atoms with Gasteiger partial charge in [0.25, 0.3) is 0 Å². The molecule has 3 heterocycles. The van der Waals surface area contributed by atoms with E-state index in [1.54, 1.807) is 17.9 Å². The minimum Gasteiger partial charge on any atom is -0.464 e. The molecular formula is C17H23N5O3. The van der Waals surface area contributed by atoms with Crippen LogP contribution in [0.15, 0.2) is 6.07 Å². The quantitative estimate of drug-likeness (QED) is 0.811. The second-order valence-electron chi connectivity index (χ2n) is 7.18. The van der Waals surface area contributed by atoms with E-state index >= 15 is 0 Å². The van der Waals surface area contributed by atoms with Gasteiger partial charge in [0.15, 0.2) is 5.69 Å². The minimum atomic E-state index is -0.463. The fraction of sp³-hybridized carbons (Fsp3) is 0.647. The maximum Gasteiger partial charge on any atom is 0.356 e. The fourth-order valence-corrected chi connectivity index (χ4v) is 4.05. The largest absolute Gasteiger partial charge is 0.464 e. The van der Waals surface area contributed by atoms with Crippen molar-refractivity contribution in [2.24, 2.45) is 5.92 Å². The van der Waals surface area contributed by atoms with Crippen LogP contribution in [0.1, 0.15) is 36.7 Å². The van der Waals surface area contributed by atoms with Crippen molar-refractivity contribution in [3.8, 4) is 0 Å². The molecule has 1 amide bonds. The number of likely N-dealkylation sites (tertiary alicyclic amines) is 1. The molecule has 1 aromatic rings. The molecule has 3 aliphatic rings. The molecule has 2 unspecified atom stereocenters. The van der Waals surface area contributed by atoms with Crippen LogP contribution in [0.5, 0.6) is 0 Å². The summed E-state index contributed by atoms with van der Waals surface area (Å²) in [6.07, 6.45) is 3.62. The highest BCUT2D eigenvalue weighted by Gasteiger charge is 2.39. The van der Waals surface area contributed by atoms with Gasteiger partial charge in [-0.2, -0.15) is 4.98 Å². The van der Waals surface area contributed by atoms with Crippen molar-refractivity contribution in [1.29, 1.82) is 0 Å². The van der Waals surface area contributed by atoms with E-state index in [1.165, 1.54) is 20.0 Å². The third kappa shape index (κ3) is 3.01. The van der Waals surface area contributed by atoms with E-state index in [0.717, 1.165) is 13.0 Å². The fourth-order valence-electron chi connectivity index (χ4n) is 4.05. The molecule has 2 saturated heterocycles. The van der Waals surface area contributed by atoms with E-state index in [2.05, 4.69) is 20.2 Å². The Morgan fingerprint density at radius 2 is 2.04 bits per heavy atom. The summed E-state index contributed by atoms with van der Waals surface area (Å²) in [5.41, 5.74) is 0.264. The Bertz CT molecular complexity index is 704. The lowest BCUT2D eigenvalue weighted by molar-refractivity contribution is -0.132. The molecule has 1 N–H and O–H groups in total. The summed E-state index contributed by atoms with van der Waals surface area (Å²) < 4.78 is 4.84. The van der Waals surface area contributed by atoms with Crippen molar-refractivity contribution in [2.75, 3.05) is 37.0 Å². The van der Waals surface area contributed by atoms with Gasteiger partial charge in [0, 0.05) is 38.7 Å². The normalized spacial score (nSPS) is 25.0. The van der Waals surface area contributed by atoms with E-state index in [-0.39, 0.29) is 17.6 Å². The zero-order valence-electron chi connectivity index (χ0n) is 14.6. The summed E-state index contributed by atoms with van der Waals surface area (Å²) in [5, 5.41) is 3.31. The van der Waals surface area contributed by atoms with E-state index in [4.69, 9.17) is 4.74 Å². The molecule has 8 heteroatoms. The first-order valence-corrected chi connectivity index (χ1v) is 8.79. The number of hydrogen-bond donors (Lipinski definition) is 1. The van der Waals surface area contributed by atoms with Crippen LogP contribution in [0, 0.1) is 5.92 Å². The average Bonchev–Trinajstić information content (AvgIpc) is 3.19. The zero-order chi connectivity index (χ0) is 17.6. The van der Waals surface area contributed by atoms with Crippen molar-refractivity contribution >= 4 is 23.6 Å². The van der Waals surface area contributed by atoms with Gasteiger partial charge >= 0.3 is 5.97 Å². The number of rotatable bonds is 4. The molecule has 25 heavy (non-hydrogen) atoms. The van der Waals surface area contributed by atoms with E-state index in [9.17, 15) is 9.59 Å². The van der Waals surface area contributed by atoms with Gasteiger partial charge in [0.2, 0.25) is 11.9 Å². The maximum absolute atomic E-state index is 12.0. The van der Waals surface area contributed by atoms with Gasteiger partial charge in [-0.15, -0.1) is 0 Å². The van der Waals surface area contributed by atoms with Crippen LogP contribution in [0.25, 0.3) is 0 Å². The van der Waals surface area contributed by atoms with Crippen LogP contribution in [-0.4, -0.2) is 65.6 Å². The van der Waals surface area contributed by atoms with Gasteiger partial charge in [0.1, 0.15) is 5.82 Å². The molecule has 2 aliphatic heterocycles. The Balaban J connectivity index is 1.55. The number of anilines is 2. The van der Waals surface area contributed by atoms with Crippen molar-refractivity contribution in [3.63, 3.8) is 0 Å². The molecule has 4 rings (SSSR count). The molecule has 1 saturated carbocycles. The summed E-state index contributed by atoms with van der Waals surface area (Å²) in [5.74, 6) is 1.53. The first-order chi connectivity index (χ1) is 12.0. The number of piperidine rings is 1. The highest BCUT2D eigenvalue weighted by atomic mass is 16.5. The minimum absolute atomic E-state index is 0.0739. The Kier molecular flexibility index (Phi) is 3.97. The molecule has 0 radical (unpaired) electrons. The zero-order valence-corrected chi connectivity index (χ0v) is 14.6. The predicted octanol–water partition coefficient (Wildman–Crippen LogP) is 0.894. The second-order valence-corrected chi connectivity index (χ2v) is 7.18. The number of amides is 1. The first kappa shape index (κ1) is 16.1. The maximum atomic E-state index is 12.0. The third-order valence-corrected chi connectivity index (χ3v) is 5.45. The number of fused-ring (bicyclic) bond motifs is 2. The number of aromatic nitrogens is 2. The summed E-state index contributed by atoms with van der Waals surface area (Å²) in [4.78, 5) is 36.4. The number of methoxy groups -OCH3 is 1. The third-order valence-electron chi connectivity index (χ3n) is 5.45. The number of nitrogens with zero attached hydrogens (tertiary/aromatic N) is 4. The Labute approximate surface area is 146 Å². The molecule has 0 spiro atoms. The summed E-state index contributed by atoms with van der Waals surface area (Å²) in [6, 6.07) is 2.25. The van der Waals surface area contributed by atoms with Crippen molar-refractivity contribution in [1.82, 2.24) is 14.9 Å². The number of hydrogen-bond acceptors (Lipinski definition) is 7. The van der Waals surface area contributed by atoms with Crippen molar-refractivity contribution in [2.45, 2.75) is 38.3 Å². The highest BCUT2D eigenvalue weighted by Crippen LogP contribution is 2.39. The number of ether oxygens (including phenoxy) is 1. The number of carbonyl (C=O) groups excluding carboxylic acids is 2. The summed E-state index contributed by atoms with van der Waals surface area (Å²) >= 11 is 0. The lowest BCUT2D eigenvalue weighted by Crippen LogP contribution is -2.56. The van der Waals surface area contributed by atoms with Crippen molar-refractivity contribution < 1.29 is 14.3 Å². The number of esters is 1. The van der Waals surface area contributed by atoms with E-state index in [0.29, 0.717) is 36.8 Å². The molecular weight excluding hydrogens is 322 g/mol. The smallest absolute Gasteiger partial charge is 0.356 e. The van der Waals surface area contributed by atoms with E-state index < -0.39 is 5.97 Å². The molecule has 1 aliphatic carbocycles. The lowest BCUT2D eigenvalue weighted by atomic mass is 10.1. The first-order valence-electron chi connectivity index (χ1n) is 8.79. The van der Waals surface area contributed by atoms with Gasteiger partial charge in [-0.1, -0.05) is 0 Å². The SMILES string of the molecule is COC(=O)c1cc(NC2CN(C(C)=O)C2)nc(N2CC3CCC2C3)n1. The highest BCUT2D eigenvalue weighted by molar-refractivity contribution is 5.88. The van der Waals surface area contributed by atoms with Gasteiger partial charge in [-0.25, -0.2) is 9.78 Å². The van der Waals surface area contributed by atoms with Gasteiger partial charge < -0.3 is 19.9 Å². The summed E-state index contributed by atoms with van der Waals surface area (Å²) in [6.45, 7) is 3.82. The standard InChI is InChI=1S/C17H23N5O3/c1-10(23)21-8-12(9-21)18-15-6-14(16(24)25-2)19-17(20-15)22-7-11-3-4-13(22)5-11/h6,11-13H,3-5,7-9H2,1-2H3,(H,18,19,20). The van der Waals surface area contributed by atoms with E-state index in [1.807, 2.05) is 0 Å². The lowest BCUT2D eigenvalue weighted by Gasteiger charge is -2.39. The van der Waals surface area contributed by atoms with Gasteiger partial charge in [-0.3, -0.25) is 4.79 Å². The van der Waals surface area contributed by atoms with Crippen LogP contribution in [0.3, 0.4) is 0 Å². The molecule has 2 atom stereocenters. The monoisotopic (exact) mass is 345 g/mol. The van der Waals surface area contributed by atoms with Crippen LogP contribution in [-0.2, 0) is 9.53 Å². The Morgan fingerprint density at radius 1 is 1.24 bits per heavy atom. The Hall–Kier alpha value is -2.38. The number of nitrogens with one attached hydrogen (secondary N) is 1. The molecule has 0 aromatic carbocycles. The van der Waals surface area contributed by atoms with Crippen molar-refractivity contribution in [3.05, 3.63) is 11.8 Å². The van der Waals surface area contributed by atoms with Gasteiger partial charge in [0.05, 0.1) is 13.2 Å². The molecule has 3 fully saturated rings. The second kappa shape index (κ2) is 6.16. The predicted molar refractivity (Wildman–Crippen MR) is 91.5 cm³/mol. The molecule has 1 aromatic heterocycles. The van der Waals surface area contributed by atoms with Crippen LogP contribution >= 0.6 is 0 Å².